The highest BCUT2D eigenvalue weighted by Crippen LogP contribution is 1.97. The van der Waals surface area contributed by atoms with Gasteiger partial charge in [0.05, 0.1) is 13.2 Å². The molecule has 7 heteroatoms. The zero-order valence-electron chi connectivity index (χ0n) is 6.20. The Hall–Kier alpha value is 0.380. The van der Waals surface area contributed by atoms with Crippen molar-refractivity contribution in [2.75, 3.05) is 13.2 Å². The van der Waals surface area contributed by atoms with Crippen molar-refractivity contribution in [3.05, 3.63) is 0 Å². The van der Waals surface area contributed by atoms with Gasteiger partial charge in [0.1, 0.15) is 18.3 Å². The summed E-state index contributed by atoms with van der Waals surface area (Å²) >= 11 is 0. The first-order valence-electron chi connectivity index (χ1n) is 2.89. The third-order valence-electron chi connectivity index (χ3n) is 1.16. The number of rotatable bonds is 4. The molecule has 2 unspecified atom stereocenters. The van der Waals surface area contributed by atoms with Gasteiger partial charge in [-0.15, -0.1) is 24.8 Å². The molecule has 0 spiro atoms. The predicted octanol–water partition coefficient (Wildman–Crippen LogP) is -2.10. The van der Waals surface area contributed by atoms with Crippen LogP contribution in [0.4, 0.5) is 0 Å². The van der Waals surface area contributed by atoms with E-state index in [0.717, 1.165) is 0 Å². The van der Waals surface area contributed by atoms with Gasteiger partial charge in [0.25, 0.3) is 0 Å². The van der Waals surface area contributed by atoms with Crippen LogP contribution in [0.25, 0.3) is 0 Å². The van der Waals surface area contributed by atoms with Crippen LogP contribution in [0.5, 0.6) is 0 Å². The molecule has 0 heterocycles. The molecular weight excluding hydrogens is 211 g/mol. The second-order valence-corrected chi connectivity index (χ2v) is 1.99. The van der Waals surface area contributed by atoms with E-state index in [9.17, 15) is 0 Å². The van der Waals surface area contributed by atoms with E-state index in [0.29, 0.717) is 0 Å². The van der Waals surface area contributed by atoms with E-state index in [1.165, 1.54) is 0 Å². The Morgan fingerprint density at radius 3 is 1.17 bits per heavy atom. The van der Waals surface area contributed by atoms with Gasteiger partial charge in [-0.25, -0.2) is 0 Å². The monoisotopic (exact) mass is 224 g/mol. The van der Waals surface area contributed by atoms with Crippen LogP contribution in [-0.2, 0) is 0 Å². The SMILES string of the molecule is Cl.Cl.OCC(O)C(O)C(O)CO. The molecule has 0 saturated heterocycles. The summed E-state index contributed by atoms with van der Waals surface area (Å²) in [6.07, 6.45) is -4.29. The van der Waals surface area contributed by atoms with Crippen LogP contribution in [0.15, 0.2) is 0 Å². The van der Waals surface area contributed by atoms with Gasteiger partial charge in [0.15, 0.2) is 0 Å². The van der Waals surface area contributed by atoms with Crippen molar-refractivity contribution in [1.29, 1.82) is 0 Å². The molecule has 0 aliphatic carbocycles. The van der Waals surface area contributed by atoms with Gasteiger partial charge in [0.2, 0.25) is 0 Å². The molecule has 0 aromatic carbocycles. The maximum atomic E-state index is 8.77. The average Bonchev–Trinajstić information content (AvgIpc) is 2.00. The van der Waals surface area contributed by atoms with Crippen LogP contribution in [0.2, 0.25) is 0 Å². The van der Waals surface area contributed by atoms with Crippen molar-refractivity contribution in [3.63, 3.8) is 0 Å². The normalized spacial score (nSPS) is 16.8. The van der Waals surface area contributed by atoms with E-state index < -0.39 is 31.5 Å². The first-order chi connectivity index (χ1) is 4.63. The fraction of sp³-hybridized carbons (Fsp3) is 1.00. The van der Waals surface area contributed by atoms with Crippen LogP contribution in [-0.4, -0.2) is 57.1 Å². The lowest BCUT2D eigenvalue weighted by atomic mass is 10.1. The zero-order chi connectivity index (χ0) is 8.15. The summed E-state index contributed by atoms with van der Waals surface area (Å²) in [4.78, 5) is 0. The number of halogens is 2. The topological polar surface area (TPSA) is 101 Å². The van der Waals surface area contributed by atoms with Gasteiger partial charge in [-0.1, -0.05) is 0 Å². The summed E-state index contributed by atoms with van der Waals surface area (Å²) in [5.74, 6) is 0. The molecule has 0 amide bonds. The average molecular weight is 225 g/mol. The van der Waals surface area contributed by atoms with Gasteiger partial charge in [-0.2, -0.15) is 0 Å². The number of hydrogen-bond acceptors (Lipinski definition) is 5. The quantitative estimate of drug-likeness (QED) is 0.377. The van der Waals surface area contributed by atoms with E-state index in [-0.39, 0.29) is 24.8 Å². The smallest absolute Gasteiger partial charge is 0.110 e. The Balaban J connectivity index is -0.000000405. The molecular formula is C5H14Cl2O5. The molecule has 0 aliphatic heterocycles. The summed E-state index contributed by atoms with van der Waals surface area (Å²) in [5, 5.41) is 42.6. The fourth-order valence-electron chi connectivity index (χ4n) is 0.472. The van der Waals surface area contributed by atoms with E-state index >= 15 is 0 Å². The summed E-state index contributed by atoms with van der Waals surface area (Å²) in [5.41, 5.74) is 0. The van der Waals surface area contributed by atoms with Crippen molar-refractivity contribution >= 4 is 24.8 Å². The first kappa shape index (κ1) is 18.2. The van der Waals surface area contributed by atoms with Gasteiger partial charge >= 0.3 is 0 Å². The molecule has 0 radical (unpaired) electrons. The largest absolute Gasteiger partial charge is 0.394 e. The minimum absolute atomic E-state index is 0. The molecule has 0 fully saturated rings. The number of aliphatic hydroxyl groups is 5. The molecule has 5 nitrogen and oxygen atoms in total. The van der Waals surface area contributed by atoms with Gasteiger partial charge in [-0.3, -0.25) is 0 Å². The maximum absolute atomic E-state index is 8.77. The predicted molar refractivity (Wildman–Crippen MR) is 46.7 cm³/mol. The summed E-state index contributed by atoms with van der Waals surface area (Å²) in [6.45, 7) is -1.28. The van der Waals surface area contributed by atoms with Crippen LogP contribution < -0.4 is 0 Å². The molecule has 0 bridgehead atoms. The lowest BCUT2D eigenvalue weighted by molar-refractivity contribution is -0.0900. The Bertz CT molecular complexity index is 83.9. The third kappa shape index (κ3) is 5.96. The van der Waals surface area contributed by atoms with Gasteiger partial charge in [0, 0.05) is 0 Å². The fourth-order valence-corrected chi connectivity index (χ4v) is 0.472. The maximum Gasteiger partial charge on any atom is 0.110 e. The van der Waals surface area contributed by atoms with Crippen molar-refractivity contribution in [2.45, 2.75) is 18.3 Å². The second-order valence-electron chi connectivity index (χ2n) is 1.99. The molecule has 5 N–H and O–H groups in total. The summed E-state index contributed by atoms with van der Waals surface area (Å²) < 4.78 is 0. The number of aliphatic hydroxyl groups excluding tert-OH is 5. The number of hydrogen-bond donors (Lipinski definition) is 5. The highest BCUT2D eigenvalue weighted by atomic mass is 35.5. The van der Waals surface area contributed by atoms with Crippen molar-refractivity contribution in [3.8, 4) is 0 Å². The third-order valence-corrected chi connectivity index (χ3v) is 1.16. The first-order valence-corrected chi connectivity index (χ1v) is 2.89. The molecule has 78 valence electrons. The summed E-state index contributed by atoms with van der Waals surface area (Å²) in [6, 6.07) is 0. The van der Waals surface area contributed by atoms with E-state index in [2.05, 4.69) is 0 Å². The second kappa shape index (κ2) is 9.47. The van der Waals surface area contributed by atoms with E-state index in [4.69, 9.17) is 25.5 Å². The van der Waals surface area contributed by atoms with Crippen LogP contribution in [0.3, 0.4) is 0 Å². The van der Waals surface area contributed by atoms with Crippen molar-refractivity contribution in [1.82, 2.24) is 0 Å². The summed E-state index contributed by atoms with van der Waals surface area (Å²) in [7, 11) is 0. The molecule has 0 saturated carbocycles. The molecule has 0 aliphatic rings. The minimum Gasteiger partial charge on any atom is -0.394 e. The van der Waals surface area contributed by atoms with Gasteiger partial charge in [-0.05, 0) is 0 Å². The van der Waals surface area contributed by atoms with Crippen LogP contribution in [0, 0.1) is 0 Å². The molecule has 0 aromatic heterocycles. The highest BCUT2D eigenvalue weighted by Gasteiger charge is 2.22. The molecule has 2 atom stereocenters. The Labute approximate surface area is 82.5 Å². The molecule has 12 heavy (non-hydrogen) atoms. The lowest BCUT2D eigenvalue weighted by Gasteiger charge is -2.19. The zero-order valence-corrected chi connectivity index (χ0v) is 7.83. The molecule has 0 aromatic rings. The minimum atomic E-state index is -1.49. The highest BCUT2D eigenvalue weighted by molar-refractivity contribution is 5.85. The Kier molecular flexibility index (Phi) is 14.4. The van der Waals surface area contributed by atoms with Crippen molar-refractivity contribution in [2.24, 2.45) is 0 Å². The Morgan fingerprint density at radius 2 is 1.00 bits per heavy atom. The van der Waals surface area contributed by atoms with E-state index in [1.54, 1.807) is 0 Å². The lowest BCUT2D eigenvalue weighted by Crippen LogP contribution is -2.41. The standard InChI is InChI=1S/C5H12O5.2ClH/c6-1-3(8)5(10)4(9)2-7;;/h3-10H,1-2H2;2*1H. The van der Waals surface area contributed by atoms with E-state index in [1.807, 2.05) is 0 Å². The van der Waals surface area contributed by atoms with Crippen LogP contribution in [0.1, 0.15) is 0 Å². The Morgan fingerprint density at radius 1 is 0.750 bits per heavy atom. The molecule has 0 rings (SSSR count). The van der Waals surface area contributed by atoms with Crippen molar-refractivity contribution < 1.29 is 25.5 Å². The van der Waals surface area contributed by atoms with Gasteiger partial charge < -0.3 is 25.5 Å². The van der Waals surface area contributed by atoms with Crippen LogP contribution >= 0.6 is 24.8 Å².